The van der Waals surface area contributed by atoms with Gasteiger partial charge < -0.3 is 10.6 Å². The molecule has 19 heavy (non-hydrogen) atoms. The van der Waals surface area contributed by atoms with Crippen molar-refractivity contribution >= 4 is 16.6 Å². The quantitative estimate of drug-likeness (QED) is 0.920. The van der Waals surface area contributed by atoms with E-state index in [1.165, 1.54) is 0 Å². The SMILES string of the molecule is Cc1cc(N(C)C)c2cc(F)cc(CCCN)c2n1. The molecule has 2 aromatic rings. The number of nitrogens with zero attached hydrogens (tertiary/aromatic N) is 2. The van der Waals surface area contributed by atoms with Gasteiger partial charge in [0.15, 0.2) is 0 Å². The fourth-order valence-corrected chi connectivity index (χ4v) is 2.32. The van der Waals surface area contributed by atoms with E-state index in [9.17, 15) is 4.39 Å². The van der Waals surface area contributed by atoms with Gasteiger partial charge in [0.2, 0.25) is 0 Å². The van der Waals surface area contributed by atoms with E-state index >= 15 is 0 Å². The van der Waals surface area contributed by atoms with Crippen LogP contribution in [0.15, 0.2) is 18.2 Å². The lowest BCUT2D eigenvalue weighted by atomic mass is 10.0. The fraction of sp³-hybridized carbons (Fsp3) is 0.400. The molecule has 0 saturated heterocycles. The van der Waals surface area contributed by atoms with E-state index in [0.29, 0.717) is 6.54 Å². The molecule has 0 aliphatic heterocycles. The predicted octanol–water partition coefficient (Wildman–Crippen LogP) is 2.64. The molecular formula is C15H20FN3. The molecule has 0 radical (unpaired) electrons. The number of rotatable bonds is 4. The summed E-state index contributed by atoms with van der Waals surface area (Å²) in [5, 5.41) is 0.864. The van der Waals surface area contributed by atoms with Gasteiger partial charge in [-0.25, -0.2) is 4.39 Å². The minimum absolute atomic E-state index is 0.215. The zero-order valence-electron chi connectivity index (χ0n) is 11.7. The smallest absolute Gasteiger partial charge is 0.124 e. The van der Waals surface area contributed by atoms with Gasteiger partial charge in [-0.15, -0.1) is 0 Å². The van der Waals surface area contributed by atoms with E-state index in [1.54, 1.807) is 12.1 Å². The second kappa shape index (κ2) is 5.53. The zero-order valence-corrected chi connectivity index (χ0v) is 11.7. The molecule has 0 fully saturated rings. The average Bonchev–Trinajstić information content (AvgIpc) is 2.35. The number of hydrogen-bond acceptors (Lipinski definition) is 3. The largest absolute Gasteiger partial charge is 0.377 e. The second-order valence-electron chi connectivity index (χ2n) is 5.03. The van der Waals surface area contributed by atoms with Crippen LogP contribution in [-0.4, -0.2) is 25.6 Å². The third-order valence-electron chi connectivity index (χ3n) is 3.20. The topological polar surface area (TPSA) is 42.1 Å². The Hall–Kier alpha value is -1.68. The van der Waals surface area contributed by atoms with Crippen molar-refractivity contribution in [3.8, 4) is 0 Å². The van der Waals surface area contributed by atoms with Crippen molar-refractivity contribution < 1.29 is 4.39 Å². The highest BCUT2D eigenvalue weighted by Crippen LogP contribution is 2.29. The molecule has 0 aliphatic carbocycles. The van der Waals surface area contributed by atoms with Crippen LogP contribution in [-0.2, 0) is 6.42 Å². The first-order valence-corrected chi connectivity index (χ1v) is 6.50. The van der Waals surface area contributed by atoms with E-state index in [2.05, 4.69) is 4.98 Å². The molecule has 0 atom stereocenters. The minimum Gasteiger partial charge on any atom is -0.377 e. The summed E-state index contributed by atoms with van der Waals surface area (Å²) in [7, 11) is 3.91. The molecule has 0 bridgehead atoms. The Morgan fingerprint density at radius 2 is 2.00 bits per heavy atom. The summed E-state index contributed by atoms with van der Waals surface area (Å²) in [6.07, 6.45) is 1.60. The fourth-order valence-electron chi connectivity index (χ4n) is 2.32. The van der Waals surface area contributed by atoms with E-state index in [-0.39, 0.29) is 5.82 Å². The number of hydrogen-bond donors (Lipinski definition) is 1. The molecule has 1 heterocycles. The molecule has 1 aromatic carbocycles. The lowest BCUT2D eigenvalue weighted by Crippen LogP contribution is -2.11. The first kappa shape index (κ1) is 13.7. The summed E-state index contributed by atoms with van der Waals surface area (Å²) in [6, 6.07) is 5.11. The third kappa shape index (κ3) is 2.84. The minimum atomic E-state index is -0.215. The van der Waals surface area contributed by atoms with Crippen LogP contribution >= 0.6 is 0 Å². The third-order valence-corrected chi connectivity index (χ3v) is 3.20. The van der Waals surface area contributed by atoms with Crippen LogP contribution in [0.2, 0.25) is 0 Å². The lowest BCUT2D eigenvalue weighted by Gasteiger charge is -2.17. The van der Waals surface area contributed by atoms with Crippen molar-refractivity contribution in [1.29, 1.82) is 0 Å². The van der Waals surface area contributed by atoms with E-state index in [1.807, 2.05) is 32.0 Å². The Kier molecular flexibility index (Phi) is 4.00. The van der Waals surface area contributed by atoms with Gasteiger partial charge in [0.05, 0.1) is 5.52 Å². The second-order valence-corrected chi connectivity index (χ2v) is 5.03. The summed E-state index contributed by atoms with van der Waals surface area (Å²) in [4.78, 5) is 6.57. The maximum absolute atomic E-state index is 13.8. The average molecular weight is 261 g/mol. The molecule has 2 rings (SSSR count). The van der Waals surface area contributed by atoms with Gasteiger partial charge >= 0.3 is 0 Å². The Labute approximate surface area is 113 Å². The first-order chi connectivity index (χ1) is 9.02. The van der Waals surface area contributed by atoms with Crippen molar-refractivity contribution in [2.45, 2.75) is 19.8 Å². The molecule has 3 nitrogen and oxygen atoms in total. The maximum atomic E-state index is 13.8. The molecule has 0 aliphatic rings. The zero-order chi connectivity index (χ0) is 14.0. The highest BCUT2D eigenvalue weighted by molar-refractivity contribution is 5.93. The van der Waals surface area contributed by atoms with Crippen LogP contribution in [0.25, 0.3) is 10.9 Å². The van der Waals surface area contributed by atoms with Gasteiger partial charge in [-0.1, -0.05) is 0 Å². The number of anilines is 1. The van der Waals surface area contributed by atoms with Crippen LogP contribution < -0.4 is 10.6 Å². The normalized spacial score (nSPS) is 11.0. The number of benzene rings is 1. The van der Waals surface area contributed by atoms with Crippen LogP contribution in [0.3, 0.4) is 0 Å². The van der Waals surface area contributed by atoms with Crippen molar-refractivity contribution in [3.05, 3.63) is 35.3 Å². The Morgan fingerprint density at radius 3 is 2.63 bits per heavy atom. The Balaban J connectivity index is 2.69. The lowest BCUT2D eigenvalue weighted by molar-refractivity contribution is 0.626. The predicted molar refractivity (Wildman–Crippen MR) is 78.1 cm³/mol. The van der Waals surface area contributed by atoms with Crippen LogP contribution in [0, 0.1) is 12.7 Å². The summed E-state index contributed by atoms with van der Waals surface area (Å²) >= 11 is 0. The summed E-state index contributed by atoms with van der Waals surface area (Å²) in [5.74, 6) is -0.215. The molecule has 4 heteroatoms. The summed E-state index contributed by atoms with van der Waals surface area (Å²) < 4.78 is 13.8. The van der Waals surface area contributed by atoms with E-state index < -0.39 is 0 Å². The van der Waals surface area contributed by atoms with E-state index in [0.717, 1.165) is 40.7 Å². The first-order valence-electron chi connectivity index (χ1n) is 6.50. The standard InChI is InChI=1S/C15H20FN3/c1-10-7-14(19(2)3)13-9-12(16)8-11(5-4-6-17)15(13)18-10/h7-9H,4-6,17H2,1-3H3. The van der Waals surface area contributed by atoms with Crippen molar-refractivity contribution in [1.82, 2.24) is 4.98 Å². The molecule has 2 N–H and O–H groups in total. The molecule has 0 spiro atoms. The maximum Gasteiger partial charge on any atom is 0.124 e. The van der Waals surface area contributed by atoms with Gasteiger partial charge in [0.1, 0.15) is 5.82 Å². The van der Waals surface area contributed by atoms with Crippen molar-refractivity contribution in [2.75, 3.05) is 25.5 Å². The van der Waals surface area contributed by atoms with Gasteiger partial charge in [-0.05, 0) is 50.1 Å². The van der Waals surface area contributed by atoms with Gasteiger partial charge in [0.25, 0.3) is 0 Å². The number of pyridine rings is 1. The van der Waals surface area contributed by atoms with E-state index in [4.69, 9.17) is 5.73 Å². The molecule has 102 valence electrons. The molecule has 0 amide bonds. The summed E-state index contributed by atoms with van der Waals surface area (Å²) in [5.41, 5.74) is 9.31. The number of aromatic nitrogens is 1. The Morgan fingerprint density at radius 1 is 1.26 bits per heavy atom. The van der Waals surface area contributed by atoms with Crippen LogP contribution in [0.5, 0.6) is 0 Å². The Bertz CT molecular complexity index is 593. The monoisotopic (exact) mass is 261 g/mol. The summed E-state index contributed by atoms with van der Waals surface area (Å²) in [6.45, 7) is 2.56. The highest BCUT2D eigenvalue weighted by Gasteiger charge is 2.11. The number of fused-ring (bicyclic) bond motifs is 1. The molecule has 0 saturated carbocycles. The van der Waals surface area contributed by atoms with Crippen molar-refractivity contribution in [3.63, 3.8) is 0 Å². The van der Waals surface area contributed by atoms with Crippen molar-refractivity contribution in [2.24, 2.45) is 5.73 Å². The number of nitrogens with two attached hydrogens (primary N) is 1. The van der Waals surface area contributed by atoms with Gasteiger partial charge in [-0.3, -0.25) is 4.98 Å². The number of halogens is 1. The highest BCUT2D eigenvalue weighted by atomic mass is 19.1. The molecule has 1 aromatic heterocycles. The molecule has 0 unspecified atom stereocenters. The molecular weight excluding hydrogens is 241 g/mol. The van der Waals surface area contributed by atoms with Gasteiger partial charge in [0, 0.05) is 30.9 Å². The van der Waals surface area contributed by atoms with Crippen LogP contribution in [0.4, 0.5) is 10.1 Å². The number of aryl methyl sites for hydroxylation is 2. The van der Waals surface area contributed by atoms with Gasteiger partial charge in [-0.2, -0.15) is 0 Å². The van der Waals surface area contributed by atoms with Crippen LogP contribution in [0.1, 0.15) is 17.7 Å².